The zero-order valence-corrected chi connectivity index (χ0v) is 31.9. The molecule has 0 spiro atoms. The summed E-state index contributed by atoms with van der Waals surface area (Å²) in [4.78, 5) is 12.2. The van der Waals surface area contributed by atoms with Gasteiger partial charge in [-0.1, -0.05) is 157 Å². The molecule has 4 nitrogen and oxygen atoms in total. The van der Waals surface area contributed by atoms with Crippen LogP contribution in [-0.2, 0) is 14.3 Å². The number of rotatable bonds is 36. The van der Waals surface area contributed by atoms with Gasteiger partial charge in [0.25, 0.3) is 0 Å². The van der Waals surface area contributed by atoms with E-state index in [1.165, 1.54) is 64.2 Å². The SMILES string of the molecule is CC/C=C\C/C=C\C/C=C\C/C=C\C/C=C\C/C=C\CCCCCCC(=O)OC(CO)COCCCCCCCC/C=C\CCCCCC. The molecule has 1 atom stereocenters. The third-order valence-electron chi connectivity index (χ3n) is 8.20. The first-order valence-electron chi connectivity index (χ1n) is 20.2. The molecule has 1 N–H and O–H groups in total. The average molecular weight is 681 g/mol. The lowest BCUT2D eigenvalue weighted by atomic mass is 10.1. The zero-order chi connectivity index (χ0) is 35.6. The van der Waals surface area contributed by atoms with Crippen LogP contribution in [0.15, 0.2) is 85.1 Å². The number of ether oxygens (including phenoxy) is 2. The van der Waals surface area contributed by atoms with E-state index in [-0.39, 0.29) is 19.2 Å². The minimum Gasteiger partial charge on any atom is -0.457 e. The van der Waals surface area contributed by atoms with Crippen LogP contribution in [0.4, 0.5) is 0 Å². The van der Waals surface area contributed by atoms with Crippen molar-refractivity contribution in [3.8, 4) is 0 Å². The summed E-state index contributed by atoms with van der Waals surface area (Å²) in [5.74, 6) is -0.231. The van der Waals surface area contributed by atoms with Crippen LogP contribution in [0.5, 0.6) is 0 Å². The Kier molecular flexibility index (Phi) is 39.7. The van der Waals surface area contributed by atoms with E-state index >= 15 is 0 Å². The highest BCUT2D eigenvalue weighted by Gasteiger charge is 2.13. The first-order valence-corrected chi connectivity index (χ1v) is 20.2. The quantitative estimate of drug-likeness (QED) is 0.0406. The van der Waals surface area contributed by atoms with Crippen LogP contribution in [0.25, 0.3) is 0 Å². The number of allylic oxidation sites excluding steroid dienone is 14. The topological polar surface area (TPSA) is 55.8 Å². The Morgan fingerprint density at radius 1 is 0.510 bits per heavy atom. The smallest absolute Gasteiger partial charge is 0.306 e. The molecular formula is C45H76O4. The molecule has 0 bridgehead atoms. The summed E-state index contributed by atoms with van der Waals surface area (Å²) < 4.78 is 11.1. The van der Waals surface area contributed by atoms with Crippen molar-refractivity contribution >= 4 is 5.97 Å². The second kappa shape index (κ2) is 41.7. The molecule has 49 heavy (non-hydrogen) atoms. The third-order valence-corrected chi connectivity index (χ3v) is 8.20. The van der Waals surface area contributed by atoms with Crippen molar-refractivity contribution in [2.24, 2.45) is 0 Å². The summed E-state index contributed by atoms with van der Waals surface area (Å²) in [7, 11) is 0. The van der Waals surface area contributed by atoms with Gasteiger partial charge in [0.15, 0.2) is 0 Å². The fraction of sp³-hybridized carbons (Fsp3) is 0.667. The summed E-state index contributed by atoms with van der Waals surface area (Å²) in [5, 5.41) is 9.58. The van der Waals surface area contributed by atoms with Gasteiger partial charge in [0.05, 0.1) is 13.2 Å². The molecule has 0 aliphatic carbocycles. The van der Waals surface area contributed by atoms with Crippen molar-refractivity contribution in [1.29, 1.82) is 0 Å². The first kappa shape index (κ1) is 46.6. The maximum absolute atomic E-state index is 12.2. The van der Waals surface area contributed by atoms with Crippen LogP contribution in [0, 0.1) is 0 Å². The molecule has 0 fully saturated rings. The van der Waals surface area contributed by atoms with Gasteiger partial charge in [0.1, 0.15) is 6.10 Å². The summed E-state index contributed by atoms with van der Waals surface area (Å²) in [6.07, 6.45) is 57.7. The van der Waals surface area contributed by atoms with Crippen LogP contribution < -0.4 is 0 Å². The lowest BCUT2D eigenvalue weighted by Gasteiger charge is -2.15. The Bertz CT molecular complexity index is 892. The molecule has 280 valence electrons. The van der Waals surface area contributed by atoms with E-state index in [1.807, 2.05) is 0 Å². The van der Waals surface area contributed by atoms with Crippen molar-refractivity contribution in [3.05, 3.63) is 85.1 Å². The maximum Gasteiger partial charge on any atom is 0.306 e. The molecule has 1 unspecified atom stereocenters. The van der Waals surface area contributed by atoms with Gasteiger partial charge in [0.2, 0.25) is 0 Å². The Morgan fingerprint density at radius 3 is 1.41 bits per heavy atom. The summed E-state index contributed by atoms with van der Waals surface area (Å²) >= 11 is 0. The van der Waals surface area contributed by atoms with Crippen molar-refractivity contribution in [1.82, 2.24) is 0 Å². The fourth-order valence-corrected chi connectivity index (χ4v) is 5.21. The molecule has 0 saturated heterocycles. The lowest BCUT2D eigenvalue weighted by Crippen LogP contribution is -2.27. The Labute approximate surface area is 303 Å². The van der Waals surface area contributed by atoms with Crippen LogP contribution in [0.3, 0.4) is 0 Å². The molecule has 0 rings (SSSR count). The van der Waals surface area contributed by atoms with Crippen molar-refractivity contribution in [2.75, 3.05) is 19.8 Å². The van der Waals surface area contributed by atoms with E-state index in [1.54, 1.807) is 0 Å². The monoisotopic (exact) mass is 681 g/mol. The molecule has 0 aromatic carbocycles. The van der Waals surface area contributed by atoms with Crippen molar-refractivity contribution in [3.63, 3.8) is 0 Å². The van der Waals surface area contributed by atoms with E-state index < -0.39 is 6.10 Å². The summed E-state index contributed by atoms with van der Waals surface area (Å²) in [5.41, 5.74) is 0. The molecule has 0 aliphatic rings. The van der Waals surface area contributed by atoms with E-state index in [4.69, 9.17) is 9.47 Å². The normalized spacial score (nSPS) is 13.3. The van der Waals surface area contributed by atoms with Crippen LogP contribution >= 0.6 is 0 Å². The lowest BCUT2D eigenvalue weighted by molar-refractivity contribution is -0.154. The van der Waals surface area contributed by atoms with Crippen LogP contribution in [0.2, 0.25) is 0 Å². The highest BCUT2D eigenvalue weighted by molar-refractivity contribution is 5.69. The number of unbranched alkanes of at least 4 members (excludes halogenated alkanes) is 14. The fourth-order valence-electron chi connectivity index (χ4n) is 5.21. The molecule has 0 aliphatic heterocycles. The molecule has 0 radical (unpaired) electrons. The number of aliphatic hydroxyl groups is 1. The highest BCUT2D eigenvalue weighted by Crippen LogP contribution is 2.11. The van der Waals surface area contributed by atoms with Gasteiger partial charge < -0.3 is 14.6 Å². The standard InChI is InChI=1S/C45H76O4/c1-3-5-7-9-11-13-15-17-19-20-21-22-23-24-25-26-27-28-30-32-34-36-38-40-45(47)49-44(42-46)43-48-41-39-37-35-33-31-29-18-16-14-12-10-8-6-4-2/h5,7,11,13-14,16-17,19,21-22,24-25,27-28,44,46H,3-4,6,8-10,12,15,18,20,23,26,29-43H2,1-2H3/b7-5-,13-11-,16-14-,19-17-,22-21-,25-24-,28-27-. The number of esters is 1. The minimum absolute atomic E-state index is 0.190. The van der Waals surface area contributed by atoms with Gasteiger partial charge >= 0.3 is 5.97 Å². The molecular weight excluding hydrogens is 604 g/mol. The number of carbonyl (C=O) groups is 1. The van der Waals surface area contributed by atoms with Crippen LogP contribution in [0.1, 0.15) is 168 Å². The maximum atomic E-state index is 12.2. The summed E-state index contributed by atoms with van der Waals surface area (Å²) in [6.45, 7) is 5.16. The number of aliphatic hydroxyl groups excluding tert-OH is 1. The largest absolute Gasteiger partial charge is 0.457 e. The second-order valence-electron chi connectivity index (χ2n) is 13.0. The Hall–Kier alpha value is -2.43. The predicted octanol–water partition coefficient (Wildman–Crippen LogP) is 13.2. The molecule has 0 amide bonds. The van der Waals surface area contributed by atoms with Gasteiger partial charge in [-0.05, 0) is 89.9 Å². The third kappa shape index (κ3) is 39.9. The summed E-state index contributed by atoms with van der Waals surface area (Å²) in [6, 6.07) is 0. The Balaban J connectivity index is 3.57. The van der Waals surface area contributed by atoms with Crippen LogP contribution in [-0.4, -0.2) is 37.0 Å². The van der Waals surface area contributed by atoms with E-state index in [2.05, 4.69) is 98.9 Å². The predicted molar refractivity (Wildman–Crippen MR) is 214 cm³/mol. The number of hydrogen-bond acceptors (Lipinski definition) is 4. The highest BCUT2D eigenvalue weighted by atomic mass is 16.6. The van der Waals surface area contributed by atoms with E-state index in [9.17, 15) is 9.90 Å². The molecule has 0 saturated carbocycles. The van der Waals surface area contributed by atoms with Crippen molar-refractivity contribution < 1.29 is 19.4 Å². The van der Waals surface area contributed by atoms with Gasteiger partial charge in [-0.2, -0.15) is 0 Å². The van der Waals surface area contributed by atoms with Gasteiger partial charge in [-0.25, -0.2) is 0 Å². The van der Waals surface area contributed by atoms with Gasteiger partial charge in [-0.15, -0.1) is 0 Å². The first-order chi connectivity index (χ1) is 24.2. The molecule has 0 aromatic rings. The Morgan fingerprint density at radius 2 is 0.918 bits per heavy atom. The number of carbonyl (C=O) groups excluding carboxylic acids is 1. The molecule has 0 heterocycles. The van der Waals surface area contributed by atoms with E-state index in [0.717, 1.165) is 83.5 Å². The zero-order valence-electron chi connectivity index (χ0n) is 31.9. The van der Waals surface area contributed by atoms with Crippen molar-refractivity contribution in [2.45, 2.75) is 174 Å². The second-order valence-corrected chi connectivity index (χ2v) is 13.0. The van der Waals surface area contributed by atoms with Gasteiger partial charge in [0, 0.05) is 13.0 Å². The van der Waals surface area contributed by atoms with E-state index in [0.29, 0.717) is 13.0 Å². The van der Waals surface area contributed by atoms with Gasteiger partial charge in [-0.3, -0.25) is 4.79 Å². The number of hydrogen-bond donors (Lipinski definition) is 1. The minimum atomic E-state index is -0.555. The molecule has 4 heteroatoms. The molecule has 0 aromatic heterocycles. The average Bonchev–Trinajstić information content (AvgIpc) is 3.11.